The van der Waals surface area contributed by atoms with Crippen LogP contribution in [0.25, 0.3) is 21.7 Å². The zero-order valence-corrected chi connectivity index (χ0v) is 18.1. The lowest BCUT2D eigenvalue weighted by molar-refractivity contribution is 0.102. The summed E-state index contributed by atoms with van der Waals surface area (Å²) in [5.74, 6) is 0.679. The van der Waals surface area contributed by atoms with Gasteiger partial charge in [0.05, 0.1) is 39.1 Å². The Morgan fingerprint density at radius 1 is 1.19 bits per heavy atom. The van der Waals surface area contributed by atoms with E-state index in [1.807, 2.05) is 36.6 Å². The van der Waals surface area contributed by atoms with E-state index < -0.39 is 0 Å². The number of likely N-dealkylation sites (N-methyl/N-ethyl adjacent to an activating group) is 1. The molecule has 8 nitrogen and oxygen atoms in total. The number of pyridine rings is 2. The molecule has 0 aromatic carbocycles. The molecule has 1 aliphatic rings. The maximum absolute atomic E-state index is 13.2. The molecule has 0 aliphatic carbocycles. The summed E-state index contributed by atoms with van der Waals surface area (Å²) in [5, 5.41) is 9.55. The van der Waals surface area contributed by atoms with Crippen LogP contribution in [0.15, 0.2) is 46.4 Å². The third-order valence-electron chi connectivity index (χ3n) is 5.47. The van der Waals surface area contributed by atoms with Crippen LogP contribution >= 0.6 is 11.3 Å². The highest BCUT2D eigenvalue weighted by atomic mass is 32.1. The monoisotopic (exact) mass is 434 g/mol. The number of aromatic nitrogens is 3. The highest BCUT2D eigenvalue weighted by Crippen LogP contribution is 2.30. The summed E-state index contributed by atoms with van der Waals surface area (Å²) in [6, 6.07) is 9.54. The Labute approximate surface area is 183 Å². The van der Waals surface area contributed by atoms with Gasteiger partial charge in [-0.1, -0.05) is 11.2 Å². The Morgan fingerprint density at radius 2 is 2.03 bits per heavy atom. The van der Waals surface area contributed by atoms with E-state index in [2.05, 4.69) is 37.3 Å². The van der Waals surface area contributed by atoms with E-state index in [4.69, 9.17) is 4.52 Å². The molecule has 1 fully saturated rings. The van der Waals surface area contributed by atoms with Crippen molar-refractivity contribution in [1.29, 1.82) is 0 Å². The Kier molecular flexibility index (Phi) is 5.13. The summed E-state index contributed by atoms with van der Waals surface area (Å²) in [6.45, 7) is 5.73. The minimum Gasteiger partial charge on any atom is -0.354 e. The Bertz CT molecular complexity index is 1210. The van der Waals surface area contributed by atoms with Gasteiger partial charge in [0, 0.05) is 26.2 Å². The molecule has 0 bridgehead atoms. The molecule has 0 saturated carbocycles. The average molecular weight is 435 g/mol. The van der Waals surface area contributed by atoms with E-state index in [0.29, 0.717) is 33.7 Å². The minimum absolute atomic E-state index is 0.245. The molecule has 1 saturated heterocycles. The maximum Gasteiger partial charge on any atom is 0.259 e. The number of nitrogens with zero attached hydrogens (tertiary/aromatic N) is 5. The zero-order chi connectivity index (χ0) is 21.4. The van der Waals surface area contributed by atoms with Crippen LogP contribution in [0.4, 0.5) is 11.5 Å². The molecule has 1 aliphatic heterocycles. The molecule has 0 atom stereocenters. The fourth-order valence-corrected chi connectivity index (χ4v) is 4.39. The number of thiophene rings is 1. The lowest BCUT2D eigenvalue weighted by atomic mass is 10.1. The van der Waals surface area contributed by atoms with Gasteiger partial charge >= 0.3 is 0 Å². The second-order valence-electron chi connectivity index (χ2n) is 7.63. The van der Waals surface area contributed by atoms with E-state index in [0.717, 1.165) is 36.9 Å². The molecular weight excluding hydrogens is 412 g/mol. The van der Waals surface area contributed by atoms with Gasteiger partial charge in [-0.05, 0) is 43.6 Å². The van der Waals surface area contributed by atoms with Gasteiger partial charge < -0.3 is 19.6 Å². The zero-order valence-electron chi connectivity index (χ0n) is 17.3. The van der Waals surface area contributed by atoms with Gasteiger partial charge in [-0.3, -0.25) is 4.79 Å². The average Bonchev–Trinajstić information content (AvgIpc) is 3.45. The number of piperazine rings is 1. The number of amides is 1. The maximum atomic E-state index is 13.2. The summed E-state index contributed by atoms with van der Waals surface area (Å²) >= 11 is 1.56. The summed E-state index contributed by atoms with van der Waals surface area (Å²) in [7, 11) is 2.13. The highest BCUT2D eigenvalue weighted by molar-refractivity contribution is 7.13. The first-order valence-corrected chi connectivity index (χ1v) is 11.0. The molecule has 0 spiro atoms. The first kappa shape index (κ1) is 19.7. The van der Waals surface area contributed by atoms with Crippen LogP contribution in [0.3, 0.4) is 0 Å². The first-order valence-electron chi connectivity index (χ1n) is 10.1. The Balaban J connectivity index is 1.41. The standard InChI is InChI=1S/C22H22N6O2S/c1-14-20-16(12-17(18-4-3-11-31-18)25-22(20)30-26-14)21(29)24-15-5-6-19(23-13-15)28-9-7-27(2)8-10-28/h3-6,11-13H,7-10H2,1-2H3,(H,24,29). The molecule has 1 N–H and O–H groups in total. The number of hydrogen-bond donors (Lipinski definition) is 1. The molecular formula is C22H22N6O2S. The predicted octanol–water partition coefficient (Wildman–Crippen LogP) is 3.66. The van der Waals surface area contributed by atoms with Crippen molar-refractivity contribution in [3.8, 4) is 10.6 Å². The van der Waals surface area contributed by atoms with Crippen LogP contribution in [0.5, 0.6) is 0 Å². The number of anilines is 2. The van der Waals surface area contributed by atoms with Gasteiger partial charge in [0.15, 0.2) is 0 Å². The quantitative estimate of drug-likeness (QED) is 0.524. The third kappa shape index (κ3) is 3.89. The molecule has 5 rings (SSSR count). The highest BCUT2D eigenvalue weighted by Gasteiger charge is 2.20. The molecule has 9 heteroatoms. The van der Waals surface area contributed by atoms with Crippen LogP contribution in [0.2, 0.25) is 0 Å². The van der Waals surface area contributed by atoms with E-state index in [1.165, 1.54) is 0 Å². The molecule has 31 heavy (non-hydrogen) atoms. The molecule has 158 valence electrons. The molecule has 0 unspecified atom stereocenters. The van der Waals surface area contributed by atoms with Crippen molar-refractivity contribution in [2.24, 2.45) is 0 Å². The number of rotatable bonds is 4. The first-order chi connectivity index (χ1) is 15.1. The molecule has 1 amide bonds. The van der Waals surface area contributed by atoms with Crippen molar-refractivity contribution >= 4 is 39.8 Å². The summed E-state index contributed by atoms with van der Waals surface area (Å²) in [6.07, 6.45) is 1.70. The molecule has 5 heterocycles. The van der Waals surface area contributed by atoms with E-state index in [-0.39, 0.29) is 5.91 Å². The van der Waals surface area contributed by atoms with Crippen molar-refractivity contribution < 1.29 is 9.32 Å². The van der Waals surface area contributed by atoms with Gasteiger partial charge in [0.2, 0.25) is 0 Å². The van der Waals surface area contributed by atoms with Crippen LogP contribution in [0, 0.1) is 6.92 Å². The number of fused-ring (bicyclic) bond motifs is 1. The molecule has 4 aromatic heterocycles. The number of carbonyl (C=O) groups excluding carboxylic acids is 1. The van der Waals surface area contributed by atoms with Crippen molar-refractivity contribution in [2.45, 2.75) is 6.92 Å². The molecule has 4 aromatic rings. The third-order valence-corrected chi connectivity index (χ3v) is 6.36. The van der Waals surface area contributed by atoms with E-state index >= 15 is 0 Å². The van der Waals surface area contributed by atoms with Gasteiger partial charge in [-0.2, -0.15) is 0 Å². The summed E-state index contributed by atoms with van der Waals surface area (Å²) in [4.78, 5) is 27.8. The fourth-order valence-electron chi connectivity index (χ4n) is 3.71. The SMILES string of the molecule is Cc1noc2nc(-c3cccs3)cc(C(=O)Nc3ccc(N4CCN(C)CC4)nc3)c12. The van der Waals surface area contributed by atoms with Crippen molar-refractivity contribution in [1.82, 2.24) is 20.0 Å². The van der Waals surface area contributed by atoms with Crippen LogP contribution in [0.1, 0.15) is 16.1 Å². The van der Waals surface area contributed by atoms with Gasteiger partial charge in [-0.15, -0.1) is 11.3 Å². The smallest absolute Gasteiger partial charge is 0.259 e. The minimum atomic E-state index is -0.245. The van der Waals surface area contributed by atoms with Crippen LogP contribution in [-0.2, 0) is 0 Å². The van der Waals surface area contributed by atoms with Gasteiger partial charge in [0.25, 0.3) is 11.6 Å². The number of aryl methyl sites for hydroxylation is 1. The van der Waals surface area contributed by atoms with Crippen LogP contribution < -0.4 is 10.2 Å². The van der Waals surface area contributed by atoms with E-state index in [9.17, 15) is 4.79 Å². The number of nitrogens with one attached hydrogen (secondary N) is 1. The Hall–Kier alpha value is -3.30. The lowest BCUT2D eigenvalue weighted by Crippen LogP contribution is -2.44. The second kappa shape index (κ2) is 8.09. The van der Waals surface area contributed by atoms with Crippen molar-refractivity contribution in [3.63, 3.8) is 0 Å². The van der Waals surface area contributed by atoms with Crippen LogP contribution in [-0.4, -0.2) is 59.2 Å². The largest absolute Gasteiger partial charge is 0.354 e. The van der Waals surface area contributed by atoms with Gasteiger partial charge in [0.1, 0.15) is 5.82 Å². The Morgan fingerprint density at radius 3 is 2.74 bits per heavy atom. The topological polar surface area (TPSA) is 87.4 Å². The fraction of sp³-hybridized carbons (Fsp3) is 0.273. The van der Waals surface area contributed by atoms with Crippen molar-refractivity contribution in [3.05, 3.63) is 53.2 Å². The van der Waals surface area contributed by atoms with Crippen molar-refractivity contribution in [2.75, 3.05) is 43.4 Å². The lowest BCUT2D eigenvalue weighted by Gasteiger charge is -2.33. The normalized spacial score (nSPS) is 14.8. The molecule has 0 radical (unpaired) electrons. The number of hydrogen-bond acceptors (Lipinski definition) is 8. The number of carbonyl (C=O) groups is 1. The van der Waals surface area contributed by atoms with Gasteiger partial charge in [-0.25, -0.2) is 9.97 Å². The van der Waals surface area contributed by atoms with E-state index in [1.54, 1.807) is 23.6 Å². The summed E-state index contributed by atoms with van der Waals surface area (Å²) < 4.78 is 5.36. The predicted molar refractivity (Wildman–Crippen MR) is 122 cm³/mol. The summed E-state index contributed by atoms with van der Waals surface area (Å²) in [5.41, 5.74) is 2.80. The second-order valence-corrected chi connectivity index (χ2v) is 8.58.